The first-order valence-electron chi connectivity index (χ1n) is 6.81. The molecule has 0 saturated heterocycles. The van der Waals surface area contributed by atoms with Gasteiger partial charge in [-0.3, -0.25) is 0 Å². The van der Waals surface area contributed by atoms with Crippen LogP contribution in [0.25, 0.3) is 10.9 Å². The van der Waals surface area contributed by atoms with E-state index in [1.54, 1.807) is 18.5 Å². The first kappa shape index (κ1) is 13.5. The van der Waals surface area contributed by atoms with E-state index in [-0.39, 0.29) is 5.82 Å². The fraction of sp³-hybridized carbons (Fsp3) is 0.176. The molecule has 0 atom stereocenters. The maximum atomic E-state index is 13.0. The number of hydrogen-bond acceptors (Lipinski definition) is 3. The molecule has 21 heavy (non-hydrogen) atoms. The van der Waals surface area contributed by atoms with Crippen LogP contribution in [0.1, 0.15) is 11.1 Å². The first-order valence-corrected chi connectivity index (χ1v) is 6.81. The van der Waals surface area contributed by atoms with Crippen molar-refractivity contribution in [2.45, 2.75) is 13.5 Å². The van der Waals surface area contributed by atoms with E-state index < -0.39 is 0 Å². The normalized spacial score (nSPS) is 10.8. The molecule has 1 heterocycles. The topological polar surface area (TPSA) is 29.0 Å². The van der Waals surface area contributed by atoms with Crippen LogP contribution < -0.4 is 4.90 Å². The third-order valence-electron chi connectivity index (χ3n) is 3.55. The number of rotatable bonds is 3. The van der Waals surface area contributed by atoms with E-state index in [0.717, 1.165) is 27.8 Å². The smallest absolute Gasteiger partial charge is 0.140 e. The highest BCUT2D eigenvalue weighted by molar-refractivity contribution is 5.92. The molecule has 3 nitrogen and oxygen atoms in total. The minimum absolute atomic E-state index is 0.218. The molecular formula is C17H16FN3. The molecule has 1 aromatic heterocycles. The molecule has 0 N–H and O–H groups in total. The van der Waals surface area contributed by atoms with Crippen molar-refractivity contribution < 1.29 is 4.39 Å². The van der Waals surface area contributed by atoms with Gasteiger partial charge in [-0.25, -0.2) is 14.4 Å². The van der Waals surface area contributed by atoms with Gasteiger partial charge in [-0.1, -0.05) is 24.3 Å². The van der Waals surface area contributed by atoms with E-state index in [0.29, 0.717) is 6.54 Å². The molecule has 0 unspecified atom stereocenters. The molecule has 0 aliphatic heterocycles. The number of halogens is 1. The summed E-state index contributed by atoms with van der Waals surface area (Å²) in [6.07, 6.45) is 1.58. The largest absolute Gasteiger partial charge is 0.355 e. The average Bonchev–Trinajstić information content (AvgIpc) is 2.49. The van der Waals surface area contributed by atoms with Crippen molar-refractivity contribution in [3.05, 3.63) is 65.7 Å². The second-order valence-corrected chi connectivity index (χ2v) is 5.15. The van der Waals surface area contributed by atoms with Crippen LogP contribution >= 0.6 is 0 Å². The Bertz CT molecular complexity index is 763. The van der Waals surface area contributed by atoms with Gasteiger partial charge in [0.1, 0.15) is 18.0 Å². The van der Waals surface area contributed by atoms with Gasteiger partial charge in [-0.15, -0.1) is 0 Å². The molecule has 0 saturated carbocycles. The van der Waals surface area contributed by atoms with Gasteiger partial charge in [0.05, 0.1) is 5.52 Å². The van der Waals surface area contributed by atoms with Crippen LogP contribution in [0.2, 0.25) is 0 Å². The Morgan fingerprint density at radius 3 is 2.57 bits per heavy atom. The predicted molar refractivity (Wildman–Crippen MR) is 82.8 cm³/mol. The summed E-state index contributed by atoms with van der Waals surface area (Å²) >= 11 is 0. The Hall–Kier alpha value is -2.49. The fourth-order valence-corrected chi connectivity index (χ4v) is 2.49. The molecule has 0 bridgehead atoms. The molecule has 4 heteroatoms. The third-order valence-corrected chi connectivity index (χ3v) is 3.55. The fourth-order valence-electron chi connectivity index (χ4n) is 2.49. The standard InChI is InChI=1S/C17H16FN3/c1-12-4-3-5-15-16(12)17(20-11-19-15)21(2)10-13-6-8-14(18)9-7-13/h3-9,11H,10H2,1-2H3. The van der Waals surface area contributed by atoms with Gasteiger partial charge >= 0.3 is 0 Å². The molecule has 0 fully saturated rings. The zero-order valence-corrected chi connectivity index (χ0v) is 12.0. The molecule has 0 spiro atoms. The van der Waals surface area contributed by atoms with Gasteiger partial charge in [-0.05, 0) is 36.2 Å². The first-order chi connectivity index (χ1) is 10.1. The summed E-state index contributed by atoms with van der Waals surface area (Å²) in [5.41, 5.74) is 3.12. The highest BCUT2D eigenvalue weighted by Gasteiger charge is 2.11. The Morgan fingerprint density at radius 2 is 1.81 bits per heavy atom. The van der Waals surface area contributed by atoms with Gasteiger partial charge in [-0.2, -0.15) is 0 Å². The van der Waals surface area contributed by atoms with Gasteiger partial charge in [0.25, 0.3) is 0 Å². The zero-order valence-electron chi connectivity index (χ0n) is 12.0. The van der Waals surface area contributed by atoms with Crippen molar-refractivity contribution in [3.63, 3.8) is 0 Å². The highest BCUT2D eigenvalue weighted by atomic mass is 19.1. The molecule has 3 aromatic rings. The van der Waals surface area contributed by atoms with E-state index in [1.807, 2.05) is 19.2 Å². The number of anilines is 1. The number of fused-ring (bicyclic) bond motifs is 1. The summed E-state index contributed by atoms with van der Waals surface area (Å²) in [5.74, 6) is 0.673. The van der Waals surface area contributed by atoms with E-state index >= 15 is 0 Å². The van der Waals surface area contributed by atoms with E-state index in [4.69, 9.17) is 0 Å². The van der Waals surface area contributed by atoms with E-state index in [1.165, 1.54) is 12.1 Å². The molecule has 0 aliphatic rings. The SMILES string of the molecule is Cc1cccc2ncnc(N(C)Cc3ccc(F)cc3)c12. The third kappa shape index (κ3) is 2.70. The summed E-state index contributed by atoms with van der Waals surface area (Å²) in [6.45, 7) is 2.72. The lowest BCUT2D eigenvalue weighted by Gasteiger charge is -2.20. The molecule has 3 rings (SSSR count). The van der Waals surface area contributed by atoms with E-state index in [9.17, 15) is 4.39 Å². The second kappa shape index (κ2) is 5.48. The van der Waals surface area contributed by atoms with Crippen molar-refractivity contribution in [3.8, 4) is 0 Å². The van der Waals surface area contributed by atoms with Crippen molar-refractivity contribution in [2.75, 3.05) is 11.9 Å². The van der Waals surface area contributed by atoms with Crippen LogP contribution in [-0.2, 0) is 6.54 Å². The number of hydrogen-bond donors (Lipinski definition) is 0. The van der Waals surface area contributed by atoms with Gasteiger partial charge in [0.2, 0.25) is 0 Å². The van der Waals surface area contributed by atoms with Crippen LogP contribution in [0, 0.1) is 12.7 Å². The second-order valence-electron chi connectivity index (χ2n) is 5.15. The van der Waals surface area contributed by atoms with Crippen LogP contribution in [-0.4, -0.2) is 17.0 Å². The Labute approximate surface area is 123 Å². The number of aromatic nitrogens is 2. The quantitative estimate of drug-likeness (QED) is 0.732. The van der Waals surface area contributed by atoms with Gasteiger partial charge in [0, 0.05) is 19.0 Å². The average molecular weight is 281 g/mol. The van der Waals surface area contributed by atoms with E-state index in [2.05, 4.69) is 27.9 Å². The molecule has 0 amide bonds. The lowest BCUT2D eigenvalue weighted by molar-refractivity contribution is 0.627. The molecular weight excluding hydrogens is 265 g/mol. The minimum atomic E-state index is -0.218. The Balaban J connectivity index is 1.98. The molecule has 0 radical (unpaired) electrons. The highest BCUT2D eigenvalue weighted by Crippen LogP contribution is 2.26. The van der Waals surface area contributed by atoms with Gasteiger partial charge < -0.3 is 4.90 Å². The zero-order chi connectivity index (χ0) is 14.8. The predicted octanol–water partition coefficient (Wildman–Crippen LogP) is 3.71. The van der Waals surface area contributed by atoms with Crippen molar-refractivity contribution in [2.24, 2.45) is 0 Å². The van der Waals surface area contributed by atoms with Crippen LogP contribution in [0.3, 0.4) is 0 Å². The molecule has 2 aromatic carbocycles. The maximum Gasteiger partial charge on any atom is 0.140 e. The summed E-state index contributed by atoms with van der Waals surface area (Å²) < 4.78 is 13.0. The van der Waals surface area contributed by atoms with Crippen LogP contribution in [0.15, 0.2) is 48.8 Å². The number of nitrogens with zero attached hydrogens (tertiary/aromatic N) is 3. The van der Waals surface area contributed by atoms with Crippen LogP contribution in [0.5, 0.6) is 0 Å². The Kier molecular flexibility index (Phi) is 3.52. The summed E-state index contributed by atoms with van der Waals surface area (Å²) in [4.78, 5) is 10.8. The van der Waals surface area contributed by atoms with Crippen molar-refractivity contribution in [1.82, 2.24) is 9.97 Å². The van der Waals surface area contributed by atoms with Crippen molar-refractivity contribution in [1.29, 1.82) is 0 Å². The lowest BCUT2D eigenvalue weighted by Crippen LogP contribution is -2.18. The number of aryl methyl sites for hydroxylation is 1. The summed E-state index contributed by atoms with van der Waals surface area (Å²) in [6, 6.07) is 12.6. The molecule has 106 valence electrons. The molecule has 0 aliphatic carbocycles. The van der Waals surface area contributed by atoms with Crippen molar-refractivity contribution >= 4 is 16.7 Å². The summed E-state index contributed by atoms with van der Waals surface area (Å²) in [5, 5.41) is 1.06. The lowest BCUT2D eigenvalue weighted by atomic mass is 10.1. The summed E-state index contributed by atoms with van der Waals surface area (Å²) in [7, 11) is 1.98. The maximum absolute atomic E-state index is 13.0. The van der Waals surface area contributed by atoms with Crippen LogP contribution in [0.4, 0.5) is 10.2 Å². The van der Waals surface area contributed by atoms with Gasteiger partial charge in [0.15, 0.2) is 0 Å². The number of benzene rings is 2. The monoisotopic (exact) mass is 281 g/mol. The minimum Gasteiger partial charge on any atom is -0.355 e. The Morgan fingerprint density at radius 1 is 1.05 bits per heavy atom.